The fraction of sp³-hybridized carbons (Fsp3) is 0.947. The summed E-state index contributed by atoms with van der Waals surface area (Å²) < 4.78 is 68.4. The van der Waals surface area contributed by atoms with Gasteiger partial charge < -0.3 is 33.8 Å². The van der Waals surface area contributed by atoms with Crippen LogP contribution in [-0.4, -0.2) is 96.7 Å². The number of phosphoric ester groups is 2. The molecule has 3 unspecified atom stereocenters. The molecule has 0 bridgehead atoms. The van der Waals surface area contributed by atoms with E-state index < -0.39 is 97.5 Å². The van der Waals surface area contributed by atoms with Gasteiger partial charge in [0, 0.05) is 25.7 Å². The molecule has 3 N–H and O–H groups in total. The number of hydrogen-bond donors (Lipinski definition) is 3. The van der Waals surface area contributed by atoms with Crippen molar-refractivity contribution in [3.8, 4) is 0 Å². The van der Waals surface area contributed by atoms with E-state index in [1.807, 2.05) is 0 Å². The molecule has 0 heterocycles. The molecule has 0 aromatic heterocycles. The van der Waals surface area contributed by atoms with E-state index >= 15 is 0 Å². The predicted octanol–water partition coefficient (Wildman–Crippen LogP) is 21.9. The maximum Gasteiger partial charge on any atom is 0.472 e. The van der Waals surface area contributed by atoms with Crippen molar-refractivity contribution < 1.29 is 80.2 Å². The molecule has 0 aliphatic carbocycles. The van der Waals surface area contributed by atoms with E-state index in [9.17, 15) is 43.2 Å². The van der Waals surface area contributed by atoms with Crippen LogP contribution < -0.4 is 0 Å². The van der Waals surface area contributed by atoms with Crippen LogP contribution in [0.15, 0.2) is 0 Å². The first-order valence-electron chi connectivity index (χ1n) is 39.0. The zero-order valence-corrected chi connectivity index (χ0v) is 63.1. The summed E-state index contributed by atoms with van der Waals surface area (Å²) in [5, 5.41) is 10.6. The number of unbranched alkanes of at least 4 members (excludes halogenated alkanes) is 43. The molecule has 6 atom stereocenters. The van der Waals surface area contributed by atoms with Gasteiger partial charge in [0.2, 0.25) is 0 Å². The second-order valence-electron chi connectivity index (χ2n) is 27.8. The molecule has 17 nitrogen and oxygen atoms in total. The van der Waals surface area contributed by atoms with Crippen molar-refractivity contribution in [3.05, 3.63) is 0 Å². The second-order valence-corrected chi connectivity index (χ2v) is 30.7. The molecular weight excluding hydrogens is 1230 g/mol. The Morgan fingerprint density at radius 1 is 0.309 bits per heavy atom. The molecule has 558 valence electrons. The number of aliphatic hydroxyl groups excluding tert-OH is 1. The zero-order chi connectivity index (χ0) is 69.3. The highest BCUT2D eigenvalue weighted by Crippen LogP contribution is 2.45. The van der Waals surface area contributed by atoms with Crippen molar-refractivity contribution in [2.75, 3.05) is 39.6 Å². The Hall–Kier alpha value is -1.94. The van der Waals surface area contributed by atoms with Crippen LogP contribution in [0.5, 0.6) is 0 Å². The number of rotatable bonds is 74. The lowest BCUT2D eigenvalue weighted by molar-refractivity contribution is -0.161. The Kier molecular flexibility index (Phi) is 65.5. The third-order valence-corrected chi connectivity index (χ3v) is 19.7. The van der Waals surface area contributed by atoms with Crippen molar-refractivity contribution >= 4 is 39.5 Å². The zero-order valence-electron chi connectivity index (χ0n) is 61.3. The van der Waals surface area contributed by atoms with E-state index in [1.54, 1.807) is 0 Å². The van der Waals surface area contributed by atoms with Crippen LogP contribution in [0.4, 0.5) is 0 Å². The van der Waals surface area contributed by atoms with Gasteiger partial charge in [-0.05, 0) is 37.5 Å². The number of hydrogen-bond acceptors (Lipinski definition) is 15. The minimum atomic E-state index is -4.96. The van der Waals surface area contributed by atoms with Gasteiger partial charge in [-0.25, -0.2) is 9.13 Å². The molecule has 0 rings (SSSR count). The molecule has 0 saturated heterocycles. The van der Waals surface area contributed by atoms with Crippen molar-refractivity contribution in [1.29, 1.82) is 0 Å². The summed E-state index contributed by atoms with van der Waals surface area (Å²) in [6.45, 7) is 9.54. The SMILES string of the molecule is CCCCCCCCCCCCCCCCCCCCCCCC(=O)O[C@H](COC(=O)CCCCCCCCCCCC(C)C)COP(=O)(O)OC[C@@H](O)COP(=O)(O)OC[C@@H](COC(=O)CCCCCCCCCCC)OC(=O)CCCCCCCCCCC(C)CC. The van der Waals surface area contributed by atoms with E-state index in [1.165, 1.54) is 205 Å². The Labute approximate surface area is 575 Å². The minimum absolute atomic E-state index is 0.105. The highest BCUT2D eigenvalue weighted by Gasteiger charge is 2.30. The van der Waals surface area contributed by atoms with Crippen molar-refractivity contribution in [2.24, 2.45) is 11.8 Å². The molecule has 0 radical (unpaired) electrons. The van der Waals surface area contributed by atoms with E-state index in [-0.39, 0.29) is 25.7 Å². The quantitative estimate of drug-likeness (QED) is 0.0222. The lowest BCUT2D eigenvalue weighted by Crippen LogP contribution is -2.30. The summed E-state index contributed by atoms with van der Waals surface area (Å²) >= 11 is 0. The van der Waals surface area contributed by atoms with E-state index in [4.69, 9.17) is 37.0 Å². The van der Waals surface area contributed by atoms with Crippen LogP contribution in [0.25, 0.3) is 0 Å². The molecule has 0 aliphatic heterocycles. The van der Waals surface area contributed by atoms with Gasteiger partial charge in [-0.1, -0.05) is 337 Å². The van der Waals surface area contributed by atoms with Gasteiger partial charge in [0.05, 0.1) is 26.4 Å². The summed E-state index contributed by atoms with van der Waals surface area (Å²) in [4.78, 5) is 72.7. The first-order valence-corrected chi connectivity index (χ1v) is 42.0. The number of aliphatic hydroxyl groups is 1. The van der Waals surface area contributed by atoms with E-state index in [0.717, 1.165) is 102 Å². The molecule has 0 aliphatic rings. The molecule has 0 aromatic carbocycles. The first-order chi connectivity index (χ1) is 45.4. The van der Waals surface area contributed by atoms with Crippen LogP contribution in [0, 0.1) is 11.8 Å². The molecule has 19 heteroatoms. The Bertz CT molecular complexity index is 1820. The Morgan fingerprint density at radius 2 is 0.543 bits per heavy atom. The lowest BCUT2D eigenvalue weighted by Gasteiger charge is -2.21. The van der Waals surface area contributed by atoms with Gasteiger partial charge >= 0.3 is 39.5 Å². The molecule has 0 fully saturated rings. The second kappa shape index (κ2) is 66.9. The molecule has 0 amide bonds. The lowest BCUT2D eigenvalue weighted by atomic mass is 9.99. The van der Waals surface area contributed by atoms with Crippen LogP contribution in [0.3, 0.4) is 0 Å². The van der Waals surface area contributed by atoms with Crippen molar-refractivity contribution in [2.45, 2.75) is 407 Å². The number of ether oxygens (including phenoxy) is 4. The van der Waals surface area contributed by atoms with Crippen molar-refractivity contribution in [3.63, 3.8) is 0 Å². The summed E-state index contributed by atoms with van der Waals surface area (Å²) in [5.74, 6) is -0.608. The summed E-state index contributed by atoms with van der Waals surface area (Å²) in [5.41, 5.74) is 0. The van der Waals surface area contributed by atoms with Crippen LogP contribution >= 0.6 is 15.6 Å². The number of carbonyl (C=O) groups is 4. The topological polar surface area (TPSA) is 237 Å². The normalized spacial score (nSPS) is 14.3. The van der Waals surface area contributed by atoms with Crippen LogP contribution in [0.1, 0.15) is 388 Å². The summed E-state index contributed by atoms with van der Waals surface area (Å²) in [7, 11) is -9.91. The number of phosphoric acid groups is 2. The molecule has 94 heavy (non-hydrogen) atoms. The largest absolute Gasteiger partial charge is 0.472 e. The number of esters is 4. The van der Waals surface area contributed by atoms with Crippen molar-refractivity contribution in [1.82, 2.24) is 0 Å². The Balaban J connectivity index is 5.18. The van der Waals surface area contributed by atoms with E-state index in [2.05, 4.69) is 41.5 Å². The standard InChI is InChI=1S/C75H146O17P2/c1-7-10-12-14-16-18-19-20-21-22-23-24-25-26-27-28-29-33-41-47-53-59-74(79)91-70(64-86-73(78)58-52-46-40-34-30-32-37-43-49-55-67(4)5)65-89-93(81,82)87-61-69(76)62-88-94(83,84)90-66-71(63-85-72(77)57-51-45-39-31-17-15-13-11-8-2)92-75(80)60-54-48-42-36-35-38-44-50-56-68(6)9-3/h67-71,76H,7-66H2,1-6H3,(H,81,82)(H,83,84)/t68?,69-,70-,71-/m1/s1. The highest BCUT2D eigenvalue weighted by molar-refractivity contribution is 7.47. The third kappa shape index (κ3) is 67.3. The van der Waals surface area contributed by atoms with E-state index in [0.29, 0.717) is 25.7 Å². The van der Waals surface area contributed by atoms with Gasteiger partial charge in [-0.2, -0.15) is 0 Å². The fourth-order valence-electron chi connectivity index (χ4n) is 11.4. The van der Waals surface area contributed by atoms with Gasteiger partial charge in [-0.3, -0.25) is 37.3 Å². The highest BCUT2D eigenvalue weighted by atomic mass is 31.2. The van der Waals surface area contributed by atoms with Gasteiger partial charge in [0.1, 0.15) is 19.3 Å². The summed E-state index contributed by atoms with van der Waals surface area (Å²) in [6.07, 6.45) is 54.2. The average molecular weight is 1380 g/mol. The molecule has 0 spiro atoms. The minimum Gasteiger partial charge on any atom is -0.462 e. The van der Waals surface area contributed by atoms with Gasteiger partial charge in [0.25, 0.3) is 0 Å². The monoisotopic (exact) mass is 1380 g/mol. The molecule has 0 saturated carbocycles. The van der Waals surface area contributed by atoms with Crippen LogP contribution in [-0.2, 0) is 65.4 Å². The smallest absolute Gasteiger partial charge is 0.462 e. The van der Waals surface area contributed by atoms with Gasteiger partial charge in [0.15, 0.2) is 12.2 Å². The third-order valence-electron chi connectivity index (χ3n) is 17.8. The molecular formula is C75H146O17P2. The maximum absolute atomic E-state index is 13.1. The fourth-order valence-corrected chi connectivity index (χ4v) is 13.0. The Morgan fingerprint density at radius 3 is 0.809 bits per heavy atom. The predicted molar refractivity (Wildman–Crippen MR) is 381 cm³/mol. The average Bonchev–Trinajstić information content (AvgIpc) is 1.35. The first kappa shape index (κ1) is 92.1. The number of carbonyl (C=O) groups excluding carboxylic acids is 4. The maximum atomic E-state index is 13.1. The van der Waals surface area contributed by atoms with Gasteiger partial charge in [-0.15, -0.1) is 0 Å². The van der Waals surface area contributed by atoms with Crippen LogP contribution in [0.2, 0.25) is 0 Å². The molecule has 0 aromatic rings. The summed E-state index contributed by atoms with van der Waals surface area (Å²) in [6, 6.07) is 0.